The molecule has 1 aromatic rings. The number of rotatable bonds is 7. The summed E-state index contributed by atoms with van der Waals surface area (Å²) in [6.07, 6.45) is 1.10. The van der Waals surface area contributed by atoms with Gasteiger partial charge in [-0.25, -0.2) is 0 Å². The summed E-state index contributed by atoms with van der Waals surface area (Å²) >= 11 is 0. The second-order valence-corrected chi connectivity index (χ2v) is 4.76. The van der Waals surface area contributed by atoms with E-state index < -0.39 is 0 Å². The number of hydrogen-bond acceptors (Lipinski definition) is 4. The van der Waals surface area contributed by atoms with Crippen LogP contribution in [-0.2, 0) is 4.79 Å². The van der Waals surface area contributed by atoms with Gasteiger partial charge in [0.25, 0.3) is 5.91 Å². The van der Waals surface area contributed by atoms with E-state index in [2.05, 4.69) is 17.6 Å². The molecule has 2 N–H and O–H groups in total. The minimum absolute atomic E-state index is 0.0319. The van der Waals surface area contributed by atoms with Gasteiger partial charge in [-0.05, 0) is 32.0 Å². The Morgan fingerprint density at radius 3 is 3.05 bits per heavy atom. The highest BCUT2D eigenvalue weighted by Crippen LogP contribution is 2.35. The van der Waals surface area contributed by atoms with Crippen molar-refractivity contribution in [2.24, 2.45) is 0 Å². The first-order chi connectivity index (χ1) is 9.74. The van der Waals surface area contributed by atoms with Gasteiger partial charge in [-0.3, -0.25) is 4.79 Å². The van der Waals surface area contributed by atoms with Crippen molar-refractivity contribution >= 4 is 5.91 Å². The van der Waals surface area contributed by atoms with Crippen molar-refractivity contribution in [3.8, 4) is 11.5 Å². The first-order valence-corrected chi connectivity index (χ1v) is 7.14. The molecule has 1 aliphatic heterocycles. The van der Waals surface area contributed by atoms with Crippen LogP contribution in [0.2, 0.25) is 0 Å². The predicted molar refractivity (Wildman–Crippen MR) is 77.2 cm³/mol. The van der Waals surface area contributed by atoms with Gasteiger partial charge in [0.05, 0.1) is 6.04 Å². The third kappa shape index (κ3) is 3.63. The molecule has 0 bridgehead atoms. The van der Waals surface area contributed by atoms with E-state index in [1.165, 1.54) is 0 Å². The average Bonchev–Trinajstić information content (AvgIpc) is 2.85. The number of carbonyl (C=O) groups excluding carboxylic acids is 1. The second-order valence-electron chi connectivity index (χ2n) is 4.76. The molecule has 20 heavy (non-hydrogen) atoms. The second kappa shape index (κ2) is 7.14. The minimum atomic E-state index is -0.114. The molecule has 1 atom stereocenters. The zero-order valence-corrected chi connectivity index (χ0v) is 12.1. The number of hydrogen-bond donors (Lipinski definition) is 2. The van der Waals surface area contributed by atoms with E-state index in [0.29, 0.717) is 18.9 Å². The lowest BCUT2D eigenvalue weighted by Crippen LogP contribution is -2.28. The molecule has 5 heteroatoms. The minimum Gasteiger partial charge on any atom is -0.491 e. The summed E-state index contributed by atoms with van der Waals surface area (Å²) in [6, 6.07) is 5.99. The van der Waals surface area contributed by atoms with Crippen LogP contribution in [0.1, 0.15) is 31.9 Å². The lowest BCUT2D eigenvalue weighted by Gasteiger charge is -2.11. The van der Waals surface area contributed by atoms with Crippen molar-refractivity contribution in [1.82, 2.24) is 10.6 Å². The topological polar surface area (TPSA) is 59.6 Å². The maximum atomic E-state index is 11.3. The Balaban J connectivity index is 1.94. The Bertz CT molecular complexity index is 462. The maximum Gasteiger partial charge on any atom is 0.257 e. The molecule has 0 radical (unpaired) electrons. The number of likely N-dealkylation sites (N-methyl/N-ethyl adjacent to an activating group) is 1. The largest absolute Gasteiger partial charge is 0.491 e. The normalized spacial score (nSPS) is 16.4. The molecule has 1 aromatic carbocycles. The van der Waals surface area contributed by atoms with Crippen LogP contribution in [0.25, 0.3) is 0 Å². The van der Waals surface area contributed by atoms with Gasteiger partial charge in [-0.15, -0.1) is 0 Å². The summed E-state index contributed by atoms with van der Waals surface area (Å²) in [4.78, 5) is 11.3. The lowest BCUT2D eigenvalue weighted by atomic mass is 10.1. The number of carbonyl (C=O) groups is 1. The molecule has 0 aliphatic carbocycles. The molecule has 0 saturated heterocycles. The number of fused-ring (bicyclic) bond motifs is 1. The van der Waals surface area contributed by atoms with E-state index in [4.69, 9.17) is 9.47 Å². The summed E-state index contributed by atoms with van der Waals surface area (Å²) < 4.78 is 11.1. The van der Waals surface area contributed by atoms with Gasteiger partial charge < -0.3 is 20.1 Å². The van der Waals surface area contributed by atoms with Gasteiger partial charge in [0.1, 0.15) is 18.1 Å². The van der Waals surface area contributed by atoms with Crippen LogP contribution in [0.4, 0.5) is 0 Å². The smallest absolute Gasteiger partial charge is 0.257 e. The number of nitrogens with one attached hydrogen (secondary N) is 2. The summed E-state index contributed by atoms with van der Waals surface area (Å²) in [7, 11) is 0. The van der Waals surface area contributed by atoms with Crippen molar-refractivity contribution < 1.29 is 14.3 Å². The molecule has 0 spiro atoms. The molecule has 1 heterocycles. The molecule has 110 valence electrons. The van der Waals surface area contributed by atoms with E-state index in [-0.39, 0.29) is 18.6 Å². The fourth-order valence-electron chi connectivity index (χ4n) is 2.16. The van der Waals surface area contributed by atoms with Gasteiger partial charge >= 0.3 is 0 Å². The molecule has 1 aliphatic rings. The number of ether oxygens (including phenoxy) is 2. The third-order valence-corrected chi connectivity index (χ3v) is 3.15. The van der Waals surface area contributed by atoms with Crippen LogP contribution in [0.5, 0.6) is 11.5 Å². The van der Waals surface area contributed by atoms with Crippen molar-refractivity contribution in [2.45, 2.75) is 26.3 Å². The Kier molecular flexibility index (Phi) is 5.24. The average molecular weight is 278 g/mol. The van der Waals surface area contributed by atoms with Crippen molar-refractivity contribution in [2.75, 3.05) is 26.3 Å². The summed E-state index contributed by atoms with van der Waals surface area (Å²) in [5.74, 6) is 1.38. The molecule has 1 unspecified atom stereocenters. The van der Waals surface area contributed by atoms with E-state index >= 15 is 0 Å². The van der Waals surface area contributed by atoms with Crippen LogP contribution in [0, 0.1) is 0 Å². The predicted octanol–water partition coefficient (Wildman–Crippen LogP) is 1.63. The zero-order chi connectivity index (χ0) is 14.4. The molecule has 0 fully saturated rings. The lowest BCUT2D eigenvalue weighted by molar-refractivity contribution is -0.122. The maximum absolute atomic E-state index is 11.3. The van der Waals surface area contributed by atoms with Crippen LogP contribution < -0.4 is 20.1 Å². The van der Waals surface area contributed by atoms with E-state index in [1.807, 2.05) is 25.1 Å². The van der Waals surface area contributed by atoms with Crippen LogP contribution in [-0.4, -0.2) is 32.2 Å². The monoisotopic (exact) mass is 278 g/mol. The van der Waals surface area contributed by atoms with E-state index in [0.717, 1.165) is 24.3 Å². The fourth-order valence-corrected chi connectivity index (χ4v) is 2.16. The Morgan fingerprint density at radius 1 is 1.45 bits per heavy atom. The van der Waals surface area contributed by atoms with E-state index in [1.54, 1.807) is 0 Å². The quantitative estimate of drug-likeness (QED) is 0.796. The highest BCUT2D eigenvalue weighted by atomic mass is 16.5. The van der Waals surface area contributed by atoms with E-state index in [9.17, 15) is 4.79 Å². The van der Waals surface area contributed by atoms with Crippen molar-refractivity contribution in [1.29, 1.82) is 0 Å². The number of benzene rings is 1. The summed E-state index contributed by atoms with van der Waals surface area (Å²) in [5.41, 5.74) is 1.16. The van der Waals surface area contributed by atoms with Crippen LogP contribution in [0.15, 0.2) is 18.2 Å². The van der Waals surface area contributed by atoms with Crippen LogP contribution >= 0.6 is 0 Å². The third-order valence-electron chi connectivity index (χ3n) is 3.15. The van der Waals surface area contributed by atoms with Crippen molar-refractivity contribution in [3.63, 3.8) is 0 Å². The SMILES string of the molecule is CCCNC1COc2cc(OCC(=O)NCC)ccc21. The summed E-state index contributed by atoms with van der Waals surface area (Å²) in [6.45, 7) is 6.29. The van der Waals surface area contributed by atoms with Gasteiger partial charge in [-0.1, -0.05) is 6.92 Å². The molecule has 0 aromatic heterocycles. The molecular formula is C15H22N2O3. The first-order valence-electron chi connectivity index (χ1n) is 7.14. The Morgan fingerprint density at radius 2 is 2.30 bits per heavy atom. The molecule has 1 amide bonds. The molecule has 5 nitrogen and oxygen atoms in total. The van der Waals surface area contributed by atoms with Gasteiger partial charge in [0, 0.05) is 18.2 Å². The zero-order valence-electron chi connectivity index (χ0n) is 12.1. The molecule has 2 rings (SSSR count). The molecular weight excluding hydrogens is 256 g/mol. The number of amides is 1. The standard InChI is InChI=1S/C15H22N2O3/c1-3-7-17-13-9-20-14-8-11(5-6-12(13)14)19-10-15(18)16-4-2/h5-6,8,13,17H,3-4,7,9-10H2,1-2H3,(H,16,18). The highest BCUT2D eigenvalue weighted by Gasteiger charge is 2.23. The van der Waals surface area contributed by atoms with Gasteiger partial charge in [-0.2, -0.15) is 0 Å². The fraction of sp³-hybridized carbons (Fsp3) is 0.533. The first kappa shape index (κ1) is 14.7. The molecule has 0 saturated carbocycles. The van der Waals surface area contributed by atoms with Gasteiger partial charge in [0.15, 0.2) is 6.61 Å². The van der Waals surface area contributed by atoms with Gasteiger partial charge in [0.2, 0.25) is 0 Å². The summed E-state index contributed by atoms with van der Waals surface area (Å²) in [5, 5.41) is 6.14. The highest BCUT2D eigenvalue weighted by molar-refractivity contribution is 5.77. The van der Waals surface area contributed by atoms with Crippen molar-refractivity contribution in [3.05, 3.63) is 23.8 Å². The Labute approximate surface area is 119 Å². The van der Waals surface area contributed by atoms with Crippen LogP contribution in [0.3, 0.4) is 0 Å². The Hall–Kier alpha value is -1.75.